The van der Waals surface area contributed by atoms with E-state index in [4.69, 9.17) is 16.3 Å². The molecule has 114 valence electrons. The Morgan fingerprint density at radius 2 is 1.86 bits per heavy atom. The third kappa shape index (κ3) is 4.09. The molecule has 0 radical (unpaired) electrons. The van der Waals surface area contributed by atoms with Crippen LogP contribution in [0.15, 0.2) is 48.5 Å². The van der Waals surface area contributed by atoms with Crippen LogP contribution in [-0.2, 0) is 4.79 Å². The smallest absolute Gasteiger partial charge is 0.265 e. The number of ketones is 1. The Labute approximate surface area is 134 Å². The monoisotopic (exact) mass is 317 g/mol. The van der Waals surface area contributed by atoms with E-state index in [-0.39, 0.29) is 11.7 Å². The second-order valence-corrected chi connectivity index (χ2v) is 5.22. The highest BCUT2D eigenvalue weighted by atomic mass is 35.5. The zero-order valence-electron chi connectivity index (χ0n) is 12.3. The predicted molar refractivity (Wildman–Crippen MR) is 86.6 cm³/mol. The number of para-hydroxylation sites is 1. The van der Waals surface area contributed by atoms with E-state index >= 15 is 0 Å². The second kappa shape index (κ2) is 7.09. The van der Waals surface area contributed by atoms with Crippen LogP contribution in [0.2, 0.25) is 5.02 Å². The zero-order chi connectivity index (χ0) is 16.1. The lowest BCUT2D eigenvalue weighted by atomic mass is 10.1. The van der Waals surface area contributed by atoms with Gasteiger partial charge in [0.2, 0.25) is 0 Å². The second-order valence-electron chi connectivity index (χ2n) is 4.81. The number of carbonyl (C=O) groups excluding carboxylic acids is 2. The molecule has 0 unspecified atom stereocenters. The number of hydrogen-bond acceptors (Lipinski definition) is 3. The molecule has 0 saturated carbocycles. The molecule has 0 heterocycles. The van der Waals surface area contributed by atoms with Gasteiger partial charge in [0.1, 0.15) is 5.75 Å². The van der Waals surface area contributed by atoms with Crippen molar-refractivity contribution in [3.05, 3.63) is 59.1 Å². The first-order valence-electron chi connectivity index (χ1n) is 6.80. The van der Waals surface area contributed by atoms with E-state index in [9.17, 15) is 9.59 Å². The molecular formula is C17H16ClNO3. The van der Waals surface area contributed by atoms with Gasteiger partial charge in [0, 0.05) is 5.56 Å². The van der Waals surface area contributed by atoms with Gasteiger partial charge < -0.3 is 10.1 Å². The zero-order valence-corrected chi connectivity index (χ0v) is 13.1. The number of amides is 1. The highest BCUT2D eigenvalue weighted by Crippen LogP contribution is 2.21. The van der Waals surface area contributed by atoms with Gasteiger partial charge in [0.15, 0.2) is 11.9 Å². The molecule has 0 aromatic heterocycles. The van der Waals surface area contributed by atoms with Gasteiger partial charge >= 0.3 is 0 Å². The van der Waals surface area contributed by atoms with Crippen LogP contribution in [0.4, 0.5) is 5.69 Å². The fourth-order valence-corrected chi connectivity index (χ4v) is 2.03. The number of rotatable bonds is 5. The summed E-state index contributed by atoms with van der Waals surface area (Å²) in [5.74, 6) is 0.0921. The van der Waals surface area contributed by atoms with Gasteiger partial charge in [-0.05, 0) is 38.1 Å². The van der Waals surface area contributed by atoms with Crippen molar-refractivity contribution in [3.63, 3.8) is 0 Å². The third-order valence-corrected chi connectivity index (χ3v) is 3.38. The first kappa shape index (κ1) is 16.0. The summed E-state index contributed by atoms with van der Waals surface area (Å²) in [6.45, 7) is 3.11. The molecule has 2 aromatic rings. The van der Waals surface area contributed by atoms with Crippen LogP contribution in [0.25, 0.3) is 0 Å². The van der Waals surface area contributed by atoms with Gasteiger partial charge in [0.05, 0.1) is 10.7 Å². The SMILES string of the molecule is CC(=O)c1cccc(O[C@@H](C)C(=O)Nc2ccccc2Cl)c1. The number of hydrogen-bond donors (Lipinski definition) is 1. The molecule has 0 aliphatic carbocycles. The summed E-state index contributed by atoms with van der Waals surface area (Å²) in [5, 5.41) is 3.16. The van der Waals surface area contributed by atoms with Crippen molar-refractivity contribution in [1.82, 2.24) is 0 Å². The van der Waals surface area contributed by atoms with Crippen LogP contribution < -0.4 is 10.1 Å². The van der Waals surface area contributed by atoms with Gasteiger partial charge in [-0.3, -0.25) is 9.59 Å². The van der Waals surface area contributed by atoms with Crippen molar-refractivity contribution >= 4 is 29.0 Å². The summed E-state index contributed by atoms with van der Waals surface area (Å²) in [4.78, 5) is 23.5. The minimum atomic E-state index is -0.724. The van der Waals surface area contributed by atoms with E-state index in [1.165, 1.54) is 6.92 Å². The highest BCUT2D eigenvalue weighted by Gasteiger charge is 2.16. The summed E-state index contributed by atoms with van der Waals surface area (Å²) in [6.07, 6.45) is -0.724. The maximum Gasteiger partial charge on any atom is 0.265 e. The van der Waals surface area contributed by atoms with Crippen molar-refractivity contribution in [2.75, 3.05) is 5.32 Å². The maximum atomic E-state index is 12.1. The summed E-state index contributed by atoms with van der Waals surface area (Å²) < 4.78 is 5.57. The Kier molecular flexibility index (Phi) is 5.17. The fourth-order valence-electron chi connectivity index (χ4n) is 1.84. The number of carbonyl (C=O) groups is 2. The molecular weight excluding hydrogens is 302 g/mol. The Morgan fingerprint density at radius 1 is 1.14 bits per heavy atom. The molecule has 0 fully saturated rings. The van der Waals surface area contributed by atoms with Crippen molar-refractivity contribution in [3.8, 4) is 5.75 Å². The molecule has 22 heavy (non-hydrogen) atoms. The molecule has 0 aliphatic heterocycles. The minimum Gasteiger partial charge on any atom is -0.481 e. The van der Waals surface area contributed by atoms with Gasteiger partial charge in [-0.2, -0.15) is 0 Å². The molecule has 2 rings (SSSR count). The van der Waals surface area contributed by atoms with Crippen molar-refractivity contribution in [2.45, 2.75) is 20.0 Å². The van der Waals surface area contributed by atoms with E-state index in [1.807, 2.05) is 0 Å². The number of ether oxygens (including phenoxy) is 1. The quantitative estimate of drug-likeness (QED) is 0.850. The van der Waals surface area contributed by atoms with Gasteiger partial charge in [-0.25, -0.2) is 0 Å². The number of Topliss-reactive ketones (excluding diaryl/α,β-unsaturated/α-hetero) is 1. The molecule has 2 aromatic carbocycles. The Bertz CT molecular complexity index is 700. The summed E-state index contributed by atoms with van der Waals surface area (Å²) >= 11 is 6.00. The number of anilines is 1. The number of benzene rings is 2. The van der Waals surface area contributed by atoms with Crippen LogP contribution >= 0.6 is 11.6 Å². The van der Waals surface area contributed by atoms with E-state index in [0.29, 0.717) is 22.0 Å². The molecule has 1 N–H and O–H groups in total. The molecule has 0 saturated heterocycles. The molecule has 4 nitrogen and oxygen atoms in total. The van der Waals surface area contributed by atoms with Crippen molar-refractivity contribution in [2.24, 2.45) is 0 Å². The largest absolute Gasteiger partial charge is 0.481 e. The van der Waals surface area contributed by atoms with Gasteiger partial charge in [-0.1, -0.05) is 35.9 Å². The lowest BCUT2D eigenvalue weighted by Crippen LogP contribution is -2.30. The average molecular weight is 318 g/mol. The van der Waals surface area contributed by atoms with Gasteiger partial charge in [0.25, 0.3) is 5.91 Å². The van der Waals surface area contributed by atoms with Crippen molar-refractivity contribution in [1.29, 1.82) is 0 Å². The van der Waals surface area contributed by atoms with Crippen molar-refractivity contribution < 1.29 is 14.3 Å². The molecule has 1 amide bonds. The predicted octanol–water partition coefficient (Wildman–Crippen LogP) is 3.95. The Morgan fingerprint density at radius 3 is 2.55 bits per heavy atom. The topological polar surface area (TPSA) is 55.4 Å². The molecule has 1 atom stereocenters. The fraction of sp³-hybridized carbons (Fsp3) is 0.176. The normalized spacial score (nSPS) is 11.6. The molecule has 0 aliphatic rings. The first-order chi connectivity index (χ1) is 10.5. The Balaban J connectivity index is 2.04. The molecule has 0 spiro atoms. The number of halogens is 1. The Hall–Kier alpha value is -2.33. The van der Waals surface area contributed by atoms with E-state index in [1.54, 1.807) is 55.5 Å². The standard InChI is InChI=1S/C17H16ClNO3/c1-11(20)13-6-5-7-14(10-13)22-12(2)17(21)19-16-9-4-3-8-15(16)18/h3-10,12H,1-2H3,(H,19,21)/t12-/m0/s1. The first-order valence-corrected chi connectivity index (χ1v) is 7.18. The molecule has 0 bridgehead atoms. The van der Waals surface area contributed by atoms with Crippen LogP contribution in [0, 0.1) is 0 Å². The van der Waals surface area contributed by atoms with E-state index in [0.717, 1.165) is 0 Å². The maximum absolute atomic E-state index is 12.1. The average Bonchev–Trinajstić information content (AvgIpc) is 2.49. The van der Waals surface area contributed by atoms with Crippen LogP contribution in [0.1, 0.15) is 24.2 Å². The summed E-state index contributed by atoms with van der Waals surface area (Å²) in [7, 11) is 0. The lowest BCUT2D eigenvalue weighted by Gasteiger charge is -2.15. The van der Waals surface area contributed by atoms with Crippen LogP contribution in [0.3, 0.4) is 0 Å². The third-order valence-electron chi connectivity index (χ3n) is 3.05. The van der Waals surface area contributed by atoms with Crippen LogP contribution in [-0.4, -0.2) is 17.8 Å². The van der Waals surface area contributed by atoms with E-state index in [2.05, 4.69) is 5.32 Å². The van der Waals surface area contributed by atoms with Crippen LogP contribution in [0.5, 0.6) is 5.75 Å². The highest BCUT2D eigenvalue weighted by molar-refractivity contribution is 6.33. The number of nitrogens with one attached hydrogen (secondary N) is 1. The summed E-state index contributed by atoms with van der Waals surface area (Å²) in [5.41, 5.74) is 1.07. The lowest BCUT2D eigenvalue weighted by molar-refractivity contribution is -0.122. The van der Waals surface area contributed by atoms with Gasteiger partial charge in [-0.15, -0.1) is 0 Å². The van der Waals surface area contributed by atoms with E-state index < -0.39 is 6.10 Å². The minimum absolute atomic E-state index is 0.0568. The molecule has 5 heteroatoms. The summed E-state index contributed by atoms with van der Waals surface area (Å²) in [6, 6.07) is 13.7.